The first kappa shape index (κ1) is 11.9. The van der Waals surface area contributed by atoms with Crippen LogP contribution in [0.4, 0.5) is 0 Å². The maximum atomic E-state index is 11.0. The lowest BCUT2D eigenvalue weighted by Crippen LogP contribution is -2.51. The number of ether oxygens (including phenoxy) is 1. The number of nitrogens with two attached hydrogens (primary N) is 1. The maximum absolute atomic E-state index is 11.0. The Kier molecular flexibility index (Phi) is 5.06. The molecule has 0 saturated carbocycles. The largest absolute Gasteiger partial charge is 0.379 e. The van der Waals surface area contributed by atoms with Gasteiger partial charge in [0.15, 0.2) is 0 Å². The number of methoxy groups -OCH3 is 1. The molecule has 0 fully saturated rings. The molecule has 3 N–H and O–H groups in total. The first-order valence-electron chi connectivity index (χ1n) is 4.14. The Bertz CT molecular complexity index is 194. The summed E-state index contributed by atoms with van der Waals surface area (Å²) in [5.74, 6) is -0.802. The lowest BCUT2D eigenvalue weighted by atomic mass is 10.1. The molecule has 0 aliphatic carbocycles. The topological polar surface area (TPSA) is 81.4 Å². The molecule has 13 heavy (non-hydrogen) atoms. The summed E-state index contributed by atoms with van der Waals surface area (Å²) in [6.07, 6.45) is -0.0896. The van der Waals surface area contributed by atoms with Gasteiger partial charge in [0.05, 0.1) is 6.10 Å². The van der Waals surface area contributed by atoms with Gasteiger partial charge < -0.3 is 15.8 Å². The lowest BCUT2D eigenvalue weighted by Gasteiger charge is -2.20. The van der Waals surface area contributed by atoms with E-state index >= 15 is 0 Å². The minimum atomic E-state index is -0.752. The van der Waals surface area contributed by atoms with Crippen molar-refractivity contribution in [3.63, 3.8) is 0 Å². The first-order chi connectivity index (χ1) is 6.02. The molecule has 0 aromatic rings. The van der Waals surface area contributed by atoms with Gasteiger partial charge in [0.25, 0.3) is 0 Å². The van der Waals surface area contributed by atoms with E-state index in [1.807, 2.05) is 0 Å². The van der Waals surface area contributed by atoms with Gasteiger partial charge in [-0.2, -0.15) is 0 Å². The number of hydrogen-bond donors (Lipinski definition) is 2. The summed E-state index contributed by atoms with van der Waals surface area (Å²) < 4.78 is 4.90. The van der Waals surface area contributed by atoms with Gasteiger partial charge in [-0.1, -0.05) is 6.92 Å². The molecule has 0 rings (SSSR count). The molecule has 5 heteroatoms. The van der Waals surface area contributed by atoms with Crippen molar-refractivity contribution in [3.8, 4) is 0 Å². The Labute approximate surface area is 77.6 Å². The second-order valence-electron chi connectivity index (χ2n) is 2.74. The van der Waals surface area contributed by atoms with Crippen LogP contribution in [0.25, 0.3) is 0 Å². The van der Waals surface area contributed by atoms with Crippen molar-refractivity contribution >= 4 is 11.8 Å². The standard InChI is InChI=1S/C8H16N2O3/c1-4-6(11)10-7(8(9)12)5(2)13-3/h5,7H,4H2,1-3H3,(H2,9,12)(H,10,11). The number of amides is 2. The van der Waals surface area contributed by atoms with Crippen LogP contribution in [0.5, 0.6) is 0 Å². The molecule has 0 radical (unpaired) electrons. The van der Waals surface area contributed by atoms with Crippen molar-refractivity contribution in [3.05, 3.63) is 0 Å². The Balaban J connectivity index is 4.26. The summed E-state index contributed by atoms with van der Waals surface area (Å²) in [5, 5.41) is 2.48. The predicted molar refractivity (Wildman–Crippen MR) is 47.9 cm³/mol. The second-order valence-corrected chi connectivity index (χ2v) is 2.74. The minimum absolute atomic E-state index is 0.215. The number of nitrogens with one attached hydrogen (secondary N) is 1. The predicted octanol–water partition coefficient (Wildman–Crippen LogP) is -0.599. The monoisotopic (exact) mass is 188 g/mol. The van der Waals surface area contributed by atoms with E-state index in [1.165, 1.54) is 7.11 Å². The summed E-state index contributed by atoms with van der Waals surface area (Å²) in [7, 11) is 1.46. The molecule has 0 heterocycles. The average Bonchev–Trinajstić information content (AvgIpc) is 2.11. The highest BCUT2D eigenvalue weighted by molar-refractivity contribution is 5.86. The van der Waals surface area contributed by atoms with Crippen LogP contribution in [0.15, 0.2) is 0 Å². The van der Waals surface area contributed by atoms with Gasteiger partial charge >= 0.3 is 0 Å². The van der Waals surface area contributed by atoms with Crippen LogP contribution < -0.4 is 11.1 Å². The number of carbonyl (C=O) groups is 2. The molecule has 0 aromatic carbocycles. The summed E-state index contributed by atoms with van der Waals surface area (Å²) in [4.78, 5) is 21.9. The van der Waals surface area contributed by atoms with Crippen LogP contribution in [0, 0.1) is 0 Å². The van der Waals surface area contributed by atoms with E-state index in [1.54, 1.807) is 13.8 Å². The molecule has 0 aromatic heterocycles. The van der Waals surface area contributed by atoms with Crippen molar-refractivity contribution in [1.82, 2.24) is 5.32 Å². The lowest BCUT2D eigenvalue weighted by molar-refractivity contribution is -0.130. The van der Waals surface area contributed by atoms with Crippen molar-refractivity contribution in [2.45, 2.75) is 32.4 Å². The molecule has 2 amide bonds. The van der Waals surface area contributed by atoms with Crippen LogP contribution >= 0.6 is 0 Å². The van der Waals surface area contributed by atoms with E-state index in [0.717, 1.165) is 0 Å². The highest BCUT2D eigenvalue weighted by Crippen LogP contribution is 1.97. The molecule has 2 atom stereocenters. The Morgan fingerprint density at radius 3 is 2.38 bits per heavy atom. The highest BCUT2D eigenvalue weighted by atomic mass is 16.5. The van der Waals surface area contributed by atoms with E-state index < -0.39 is 18.1 Å². The SMILES string of the molecule is CCC(=O)NC(C(N)=O)C(C)OC. The molecule has 2 unspecified atom stereocenters. The molecular weight excluding hydrogens is 172 g/mol. The fourth-order valence-electron chi connectivity index (χ4n) is 0.831. The van der Waals surface area contributed by atoms with E-state index in [0.29, 0.717) is 6.42 Å². The van der Waals surface area contributed by atoms with Crippen LogP contribution in [0.3, 0.4) is 0 Å². The van der Waals surface area contributed by atoms with Crippen molar-refractivity contribution in [1.29, 1.82) is 0 Å². The molecule has 0 spiro atoms. The zero-order valence-electron chi connectivity index (χ0n) is 8.16. The van der Waals surface area contributed by atoms with E-state index in [9.17, 15) is 9.59 Å². The number of rotatable bonds is 5. The van der Waals surface area contributed by atoms with Gasteiger partial charge in [-0.3, -0.25) is 9.59 Å². The van der Waals surface area contributed by atoms with E-state index in [2.05, 4.69) is 5.32 Å². The Morgan fingerprint density at radius 1 is 1.54 bits per heavy atom. The van der Waals surface area contributed by atoms with Gasteiger partial charge in [0.2, 0.25) is 11.8 Å². The Hall–Kier alpha value is -1.10. The summed E-state index contributed by atoms with van der Waals surface area (Å²) >= 11 is 0. The smallest absolute Gasteiger partial charge is 0.242 e. The van der Waals surface area contributed by atoms with Crippen molar-refractivity contribution in [2.75, 3.05) is 7.11 Å². The third-order valence-electron chi connectivity index (χ3n) is 1.79. The molecule has 0 saturated heterocycles. The zero-order valence-corrected chi connectivity index (χ0v) is 8.16. The average molecular weight is 188 g/mol. The zero-order chi connectivity index (χ0) is 10.4. The number of carbonyl (C=O) groups excluding carboxylic acids is 2. The van der Waals surface area contributed by atoms with Gasteiger partial charge in [-0.15, -0.1) is 0 Å². The fraction of sp³-hybridized carbons (Fsp3) is 0.750. The molecule has 5 nitrogen and oxygen atoms in total. The summed E-state index contributed by atoms with van der Waals surface area (Å²) in [6.45, 7) is 3.37. The third-order valence-corrected chi connectivity index (χ3v) is 1.79. The summed E-state index contributed by atoms with van der Waals surface area (Å²) in [5.41, 5.74) is 5.08. The molecule has 0 aliphatic rings. The van der Waals surface area contributed by atoms with Crippen LogP contribution in [-0.4, -0.2) is 31.1 Å². The van der Waals surface area contributed by atoms with Gasteiger partial charge in [-0.25, -0.2) is 0 Å². The van der Waals surface area contributed by atoms with Crippen molar-refractivity contribution in [2.24, 2.45) is 5.73 Å². The van der Waals surface area contributed by atoms with Gasteiger partial charge in [0, 0.05) is 13.5 Å². The van der Waals surface area contributed by atoms with Crippen LogP contribution in [-0.2, 0) is 14.3 Å². The van der Waals surface area contributed by atoms with Crippen LogP contribution in [0.1, 0.15) is 20.3 Å². The number of hydrogen-bond acceptors (Lipinski definition) is 3. The third kappa shape index (κ3) is 3.89. The van der Waals surface area contributed by atoms with Gasteiger partial charge in [0.1, 0.15) is 6.04 Å². The van der Waals surface area contributed by atoms with Crippen molar-refractivity contribution < 1.29 is 14.3 Å². The Morgan fingerprint density at radius 2 is 2.08 bits per heavy atom. The second kappa shape index (κ2) is 5.53. The van der Waals surface area contributed by atoms with Gasteiger partial charge in [-0.05, 0) is 6.92 Å². The summed E-state index contributed by atoms with van der Waals surface area (Å²) in [6, 6.07) is -0.752. The minimum Gasteiger partial charge on any atom is -0.379 e. The molecule has 76 valence electrons. The molecule has 0 bridgehead atoms. The first-order valence-corrected chi connectivity index (χ1v) is 4.14. The fourth-order valence-corrected chi connectivity index (χ4v) is 0.831. The molecular formula is C8H16N2O3. The molecule has 0 aliphatic heterocycles. The van der Waals surface area contributed by atoms with E-state index in [-0.39, 0.29) is 5.91 Å². The normalized spacial score (nSPS) is 14.7. The van der Waals surface area contributed by atoms with Crippen LogP contribution in [0.2, 0.25) is 0 Å². The highest BCUT2D eigenvalue weighted by Gasteiger charge is 2.23. The quantitative estimate of drug-likeness (QED) is 0.604. The number of primary amides is 1. The maximum Gasteiger partial charge on any atom is 0.242 e. The van der Waals surface area contributed by atoms with E-state index in [4.69, 9.17) is 10.5 Å².